The summed E-state index contributed by atoms with van der Waals surface area (Å²) in [6.07, 6.45) is 1.53. The second-order valence-corrected chi connectivity index (χ2v) is 8.30. The van der Waals surface area contributed by atoms with Crippen LogP contribution in [0.1, 0.15) is 29.1 Å². The number of nitrogens with zero attached hydrogens (tertiary/aromatic N) is 3. The third-order valence-electron chi connectivity index (χ3n) is 5.04. The Labute approximate surface area is 183 Å². The highest BCUT2D eigenvalue weighted by atomic mass is 32.1. The molecule has 7 nitrogen and oxygen atoms in total. The molecule has 1 amide bonds. The fourth-order valence-corrected chi connectivity index (χ4v) is 4.30. The van der Waals surface area contributed by atoms with Gasteiger partial charge in [0, 0.05) is 16.5 Å². The van der Waals surface area contributed by atoms with Crippen LogP contribution in [-0.2, 0) is 11.3 Å². The Morgan fingerprint density at radius 3 is 2.71 bits per heavy atom. The lowest BCUT2D eigenvalue weighted by molar-refractivity contribution is -0.124. The maximum atomic E-state index is 12.8. The summed E-state index contributed by atoms with van der Waals surface area (Å²) in [6, 6.07) is 13.8. The second kappa shape index (κ2) is 8.69. The van der Waals surface area contributed by atoms with Crippen molar-refractivity contribution in [2.24, 2.45) is 0 Å². The van der Waals surface area contributed by atoms with Gasteiger partial charge in [-0.2, -0.15) is 5.10 Å². The third kappa shape index (κ3) is 4.34. The minimum Gasteiger partial charge on any atom is -0.463 e. The van der Waals surface area contributed by atoms with Gasteiger partial charge in [-0.3, -0.25) is 9.59 Å². The number of furan rings is 1. The fraction of sp³-hybridized carbons (Fsp3) is 0.217. The SMILES string of the molecule is Cc1ccccc1-c1nc(C)c(CNC(=O)C(C)n2nc(-c3ccco3)ccc2=O)s1. The molecule has 0 fully saturated rings. The Kier molecular flexibility index (Phi) is 5.81. The molecule has 0 aliphatic rings. The van der Waals surface area contributed by atoms with Gasteiger partial charge in [-0.05, 0) is 44.5 Å². The lowest BCUT2D eigenvalue weighted by Gasteiger charge is -2.14. The average molecular weight is 435 g/mol. The largest absolute Gasteiger partial charge is 0.463 e. The van der Waals surface area contributed by atoms with Crippen LogP contribution in [0.15, 0.2) is 64.0 Å². The molecular formula is C23H22N4O3S. The smallest absolute Gasteiger partial charge is 0.267 e. The molecular weight excluding hydrogens is 412 g/mol. The van der Waals surface area contributed by atoms with Crippen molar-refractivity contribution < 1.29 is 9.21 Å². The number of rotatable bonds is 6. The summed E-state index contributed by atoms with van der Waals surface area (Å²) in [5, 5.41) is 8.14. The molecule has 158 valence electrons. The number of amides is 1. The fourth-order valence-electron chi connectivity index (χ4n) is 3.20. The Balaban J connectivity index is 1.49. The van der Waals surface area contributed by atoms with Gasteiger partial charge < -0.3 is 9.73 Å². The number of carbonyl (C=O) groups is 1. The first kappa shape index (κ1) is 20.7. The van der Waals surface area contributed by atoms with Crippen LogP contribution in [0.2, 0.25) is 0 Å². The summed E-state index contributed by atoms with van der Waals surface area (Å²) >= 11 is 1.56. The molecule has 4 rings (SSSR count). The van der Waals surface area contributed by atoms with Crippen molar-refractivity contribution in [2.75, 3.05) is 0 Å². The summed E-state index contributed by atoms with van der Waals surface area (Å²) in [5.74, 6) is 0.238. The first-order valence-corrected chi connectivity index (χ1v) is 10.7. The van der Waals surface area contributed by atoms with Gasteiger partial charge in [-0.15, -0.1) is 11.3 Å². The maximum Gasteiger partial charge on any atom is 0.267 e. The normalized spacial score (nSPS) is 12.0. The molecule has 0 saturated carbocycles. The van der Waals surface area contributed by atoms with E-state index in [9.17, 15) is 9.59 Å². The summed E-state index contributed by atoms with van der Waals surface area (Å²) in [7, 11) is 0. The minimum absolute atomic E-state index is 0.295. The number of aryl methyl sites for hydroxylation is 2. The number of thiazole rings is 1. The van der Waals surface area contributed by atoms with Crippen LogP contribution < -0.4 is 10.9 Å². The first-order valence-electron chi connectivity index (χ1n) is 9.88. The van der Waals surface area contributed by atoms with E-state index in [0.717, 1.165) is 26.7 Å². The van der Waals surface area contributed by atoms with Gasteiger partial charge in [0.05, 0.1) is 18.5 Å². The monoisotopic (exact) mass is 434 g/mol. The van der Waals surface area contributed by atoms with Gasteiger partial charge in [-0.25, -0.2) is 9.67 Å². The second-order valence-electron chi connectivity index (χ2n) is 7.21. The van der Waals surface area contributed by atoms with E-state index in [2.05, 4.69) is 28.4 Å². The quantitative estimate of drug-likeness (QED) is 0.493. The van der Waals surface area contributed by atoms with Gasteiger partial charge >= 0.3 is 0 Å². The van der Waals surface area contributed by atoms with Crippen LogP contribution >= 0.6 is 11.3 Å². The van der Waals surface area contributed by atoms with Crippen molar-refractivity contribution in [1.29, 1.82) is 0 Å². The Morgan fingerprint density at radius 2 is 1.97 bits per heavy atom. The van der Waals surface area contributed by atoms with E-state index in [-0.39, 0.29) is 11.5 Å². The van der Waals surface area contributed by atoms with Gasteiger partial charge in [0.15, 0.2) is 5.76 Å². The van der Waals surface area contributed by atoms with Crippen molar-refractivity contribution in [1.82, 2.24) is 20.1 Å². The molecule has 0 spiro atoms. The van der Waals surface area contributed by atoms with E-state index in [1.165, 1.54) is 17.0 Å². The highest BCUT2D eigenvalue weighted by Gasteiger charge is 2.19. The minimum atomic E-state index is -0.772. The highest BCUT2D eigenvalue weighted by molar-refractivity contribution is 7.15. The van der Waals surface area contributed by atoms with Crippen molar-refractivity contribution in [2.45, 2.75) is 33.4 Å². The van der Waals surface area contributed by atoms with E-state index in [1.807, 2.05) is 25.1 Å². The molecule has 1 atom stereocenters. The predicted octanol–water partition coefficient (Wildman–Crippen LogP) is 4.12. The molecule has 3 heterocycles. The maximum absolute atomic E-state index is 12.8. The van der Waals surface area contributed by atoms with Crippen LogP contribution in [0.25, 0.3) is 22.0 Å². The summed E-state index contributed by atoms with van der Waals surface area (Å²) < 4.78 is 6.51. The van der Waals surface area contributed by atoms with Crippen LogP contribution in [-0.4, -0.2) is 20.7 Å². The predicted molar refractivity (Wildman–Crippen MR) is 120 cm³/mol. The van der Waals surface area contributed by atoms with Crippen molar-refractivity contribution in [3.63, 3.8) is 0 Å². The molecule has 0 radical (unpaired) electrons. The van der Waals surface area contributed by atoms with Gasteiger partial charge in [0.2, 0.25) is 5.91 Å². The Hall–Kier alpha value is -3.52. The van der Waals surface area contributed by atoms with Gasteiger partial charge in [-0.1, -0.05) is 24.3 Å². The van der Waals surface area contributed by atoms with E-state index >= 15 is 0 Å². The molecule has 1 unspecified atom stereocenters. The molecule has 0 bridgehead atoms. The van der Waals surface area contributed by atoms with E-state index in [0.29, 0.717) is 18.0 Å². The zero-order valence-corrected chi connectivity index (χ0v) is 18.3. The molecule has 1 N–H and O–H groups in total. The molecule has 1 aromatic carbocycles. The van der Waals surface area contributed by atoms with Crippen LogP contribution in [0.3, 0.4) is 0 Å². The van der Waals surface area contributed by atoms with E-state index in [4.69, 9.17) is 4.42 Å². The van der Waals surface area contributed by atoms with Crippen molar-refractivity contribution >= 4 is 17.2 Å². The van der Waals surface area contributed by atoms with E-state index < -0.39 is 6.04 Å². The average Bonchev–Trinajstić information content (AvgIpc) is 3.42. The van der Waals surface area contributed by atoms with E-state index in [1.54, 1.807) is 36.5 Å². The first-order chi connectivity index (χ1) is 14.9. The zero-order chi connectivity index (χ0) is 22.0. The number of hydrogen-bond donors (Lipinski definition) is 1. The Bertz CT molecular complexity index is 1270. The molecule has 4 aromatic rings. The topological polar surface area (TPSA) is 90.0 Å². The lowest BCUT2D eigenvalue weighted by atomic mass is 10.1. The van der Waals surface area contributed by atoms with Gasteiger partial charge in [0.1, 0.15) is 16.7 Å². The number of nitrogens with one attached hydrogen (secondary N) is 1. The highest BCUT2D eigenvalue weighted by Crippen LogP contribution is 2.30. The standard InChI is InChI=1S/C23H22N4O3S/c1-14-7-4-5-8-17(14)23-25-15(2)20(31-23)13-24-22(29)16(3)27-21(28)11-10-18(26-27)19-9-6-12-30-19/h4-12,16H,13H2,1-3H3,(H,24,29). The molecule has 3 aromatic heterocycles. The molecule has 31 heavy (non-hydrogen) atoms. The third-order valence-corrected chi connectivity index (χ3v) is 6.23. The Morgan fingerprint density at radius 1 is 1.16 bits per heavy atom. The van der Waals surface area contributed by atoms with Gasteiger partial charge in [0.25, 0.3) is 5.56 Å². The summed E-state index contributed by atoms with van der Waals surface area (Å²) in [6.45, 7) is 5.97. The van der Waals surface area contributed by atoms with Crippen LogP contribution in [0.4, 0.5) is 0 Å². The number of benzene rings is 1. The van der Waals surface area contributed by atoms with Crippen LogP contribution in [0, 0.1) is 13.8 Å². The molecule has 8 heteroatoms. The molecule has 0 saturated heterocycles. The lowest BCUT2D eigenvalue weighted by Crippen LogP contribution is -2.36. The molecule has 0 aliphatic carbocycles. The number of hydrogen-bond acceptors (Lipinski definition) is 6. The zero-order valence-electron chi connectivity index (χ0n) is 17.5. The van der Waals surface area contributed by atoms with Crippen molar-refractivity contribution in [3.05, 3.63) is 81.3 Å². The van der Waals surface area contributed by atoms with Crippen molar-refractivity contribution in [3.8, 4) is 22.0 Å². The number of carbonyl (C=O) groups excluding carboxylic acids is 1. The van der Waals surface area contributed by atoms with Crippen LogP contribution in [0.5, 0.6) is 0 Å². The summed E-state index contributed by atoms with van der Waals surface area (Å²) in [5.41, 5.74) is 3.26. The molecule has 0 aliphatic heterocycles. The number of aromatic nitrogens is 3. The summed E-state index contributed by atoms with van der Waals surface area (Å²) in [4.78, 5) is 30.7.